The van der Waals surface area contributed by atoms with Gasteiger partial charge in [-0.3, -0.25) is 0 Å². The Bertz CT molecular complexity index is 484. The maximum atomic E-state index is 5.78. The molecule has 0 saturated heterocycles. The van der Waals surface area contributed by atoms with Crippen LogP contribution in [0.15, 0.2) is 16.6 Å². The fourth-order valence-corrected chi connectivity index (χ4v) is 3.64. The lowest BCUT2D eigenvalue weighted by molar-refractivity contribution is 0.296. The van der Waals surface area contributed by atoms with E-state index in [1.807, 2.05) is 0 Å². The Kier molecular flexibility index (Phi) is 4.22. The summed E-state index contributed by atoms with van der Waals surface area (Å²) < 4.78 is 12.5. The van der Waals surface area contributed by atoms with E-state index in [0.29, 0.717) is 5.54 Å². The third-order valence-electron chi connectivity index (χ3n) is 4.29. The lowest BCUT2D eigenvalue weighted by Gasteiger charge is -2.25. The van der Waals surface area contributed by atoms with E-state index in [-0.39, 0.29) is 0 Å². The Morgan fingerprint density at radius 3 is 2.70 bits per heavy atom. The van der Waals surface area contributed by atoms with Crippen LogP contribution in [0.2, 0.25) is 0 Å². The van der Waals surface area contributed by atoms with Crippen LogP contribution in [-0.2, 0) is 6.54 Å². The van der Waals surface area contributed by atoms with Crippen molar-refractivity contribution in [3.63, 3.8) is 0 Å². The van der Waals surface area contributed by atoms with Crippen LogP contribution < -0.4 is 14.8 Å². The SMILES string of the molecule is CC1(NCc2cc(Br)c3c(c2)OCCCO3)CCCC1. The molecule has 1 fully saturated rings. The van der Waals surface area contributed by atoms with Crippen molar-refractivity contribution in [2.45, 2.75) is 51.1 Å². The van der Waals surface area contributed by atoms with Crippen molar-refractivity contribution >= 4 is 15.9 Å². The predicted molar refractivity (Wildman–Crippen MR) is 83.5 cm³/mol. The molecule has 20 heavy (non-hydrogen) atoms. The van der Waals surface area contributed by atoms with Gasteiger partial charge in [-0.25, -0.2) is 0 Å². The maximum Gasteiger partial charge on any atom is 0.175 e. The van der Waals surface area contributed by atoms with Gasteiger partial charge in [0.05, 0.1) is 17.7 Å². The van der Waals surface area contributed by atoms with Gasteiger partial charge in [0.25, 0.3) is 0 Å². The molecule has 1 aliphatic carbocycles. The first kappa shape index (κ1) is 14.2. The first-order chi connectivity index (χ1) is 9.66. The molecule has 0 bridgehead atoms. The molecule has 1 aromatic rings. The summed E-state index contributed by atoms with van der Waals surface area (Å²) in [5.41, 5.74) is 1.55. The second-order valence-electron chi connectivity index (χ2n) is 6.08. The predicted octanol–water partition coefficient (Wildman–Crippen LogP) is 4.03. The molecule has 0 radical (unpaired) electrons. The maximum absolute atomic E-state index is 5.78. The smallest absolute Gasteiger partial charge is 0.175 e. The van der Waals surface area contributed by atoms with Crippen LogP contribution in [-0.4, -0.2) is 18.8 Å². The van der Waals surface area contributed by atoms with Crippen LogP contribution in [0.3, 0.4) is 0 Å². The van der Waals surface area contributed by atoms with Gasteiger partial charge in [0.2, 0.25) is 0 Å². The minimum Gasteiger partial charge on any atom is -0.490 e. The van der Waals surface area contributed by atoms with Gasteiger partial charge in [-0.05, 0) is 53.4 Å². The van der Waals surface area contributed by atoms with Crippen molar-refractivity contribution in [1.29, 1.82) is 0 Å². The van der Waals surface area contributed by atoms with Crippen LogP contribution >= 0.6 is 15.9 Å². The molecule has 1 heterocycles. The Hall–Kier alpha value is -0.740. The van der Waals surface area contributed by atoms with Gasteiger partial charge in [-0.2, -0.15) is 0 Å². The molecule has 3 rings (SSSR count). The van der Waals surface area contributed by atoms with Gasteiger partial charge >= 0.3 is 0 Å². The molecule has 1 aliphatic heterocycles. The second-order valence-corrected chi connectivity index (χ2v) is 6.93. The van der Waals surface area contributed by atoms with Crippen LogP contribution in [0.5, 0.6) is 11.5 Å². The van der Waals surface area contributed by atoms with Gasteiger partial charge in [-0.15, -0.1) is 0 Å². The summed E-state index contributed by atoms with van der Waals surface area (Å²) in [6.45, 7) is 4.67. The van der Waals surface area contributed by atoms with Crippen molar-refractivity contribution in [1.82, 2.24) is 5.32 Å². The third kappa shape index (κ3) is 3.12. The Balaban J connectivity index is 1.73. The lowest BCUT2D eigenvalue weighted by atomic mass is 10.0. The van der Waals surface area contributed by atoms with E-state index >= 15 is 0 Å². The van der Waals surface area contributed by atoms with Gasteiger partial charge in [-0.1, -0.05) is 12.8 Å². The molecule has 110 valence electrons. The molecular weight excluding hydrogens is 318 g/mol. The highest BCUT2D eigenvalue weighted by molar-refractivity contribution is 9.10. The molecule has 1 N–H and O–H groups in total. The number of rotatable bonds is 3. The minimum atomic E-state index is 0.302. The van der Waals surface area contributed by atoms with Crippen molar-refractivity contribution < 1.29 is 9.47 Å². The summed E-state index contributed by atoms with van der Waals surface area (Å²) in [4.78, 5) is 0. The second kappa shape index (κ2) is 5.94. The van der Waals surface area contributed by atoms with E-state index in [1.165, 1.54) is 31.2 Å². The summed E-state index contributed by atoms with van der Waals surface area (Å²) in [5, 5.41) is 3.71. The third-order valence-corrected chi connectivity index (χ3v) is 4.88. The standard InChI is InChI=1S/C16H22BrNO2/c1-16(5-2-3-6-16)18-11-12-9-13(17)15-14(10-12)19-7-4-8-20-15/h9-10,18H,2-8,11H2,1H3. The molecule has 4 heteroatoms. The molecule has 0 unspecified atom stereocenters. The zero-order valence-electron chi connectivity index (χ0n) is 12.0. The molecule has 1 aromatic carbocycles. The number of ether oxygens (including phenoxy) is 2. The normalized spacial score (nSPS) is 20.7. The lowest BCUT2D eigenvalue weighted by Crippen LogP contribution is -2.38. The van der Waals surface area contributed by atoms with Crippen LogP contribution in [0, 0.1) is 0 Å². The zero-order chi connectivity index (χ0) is 14.0. The fraction of sp³-hybridized carbons (Fsp3) is 0.625. The fourth-order valence-electron chi connectivity index (χ4n) is 3.03. The van der Waals surface area contributed by atoms with Crippen molar-refractivity contribution in [2.75, 3.05) is 13.2 Å². The molecule has 0 spiro atoms. The summed E-state index contributed by atoms with van der Waals surface area (Å²) in [7, 11) is 0. The topological polar surface area (TPSA) is 30.5 Å². The minimum absolute atomic E-state index is 0.302. The molecule has 0 aromatic heterocycles. The Morgan fingerprint density at radius 2 is 1.90 bits per heavy atom. The Morgan fingerprint density at radius 1 is 1.15 bits per heavy atom. The number of benzene rings is 1. The largest absolute Gasteiger partial charge is 0.490 e. The highest BCUT2D eigenvalue weighted by atomic mass is 79.9. The van der Waals surface area contributed by atoms with E-state index in [4.69, 9.17) is 9.47 Å². The molecule has 1 saturated carbocycles. The number of fused-ring (bicyclic) bond motifs is 1. The van der Waals surface area contributed by atoms with E-state index in [0.717, 1.165) is 42.2 Å². The van der Waals surface area contributed by atoms with Crippen LogP contribution in [0.25, 0.3) is 0 Å². The van der Waals surface area contributed by atoms with Gasteiger partial charge in [0.1, 0.15) is 0 Å². The number of halogens is 1. The summed E-state index contributed by atoms with van der Waals surface area (Å²) in [5.74, 6) is 1.71. The number of hydrogen-bond acceptors (Lipinski definition) is 3. The average Bonchev–Trinajstić information content (AvgIpc) is 2.72. The highest BCUT2D eigenvalue weighted by Gasteiger charge is 2.27. The molecule has 3 nitrogen and oxygen atoms in total. The first-order valence-corrected chi connectivity index (χ1v) is 8.29. The average molecular weight is 340 g/mol. The van der Waals surface area contributed by atoms with Gasteiger partial charge in [0.15, 0.2) is 11.5 Å². The van der Waals surface area contributed by atoms with E-state index in [2.05, 4.69) is 40.3 Å². The first-order valence-electron chi connectivity index (χ1n) is 7.49. The van der Waals surface area contributed by atoms with Gasteiger partial charge in [0, 0.05) is 18.5 Å². The zero-order valence-corrected chi connectivity index (χ0v) is 13.6. The van der Waals surface area contributed by atoms with E-state index in [9.17, 15) is 0 Å². The quantitative estimate of drug-likeness (QED) is 0.901. The highest BCUT2D eigenvalue weighted by Crippen LogP contribution is 2.38. The van der Waals surface area contributed by atoms with Gasteiger partial charge < -0.3 is 14.8 Å². The monoisotopic (exact) mass is 339 g/mol. The van der Waals surface area contributed by atoms with E-state index < -0.39 is 0 Å². The number of hydrogen-bond donors (Lipinski definition) is 1. The molecule has 0 amide bonds. The molecule has 0 atom stereocenters. The summed E-state index contributed by atoms with van der Waals surface area (Å²) in [6.07, 6.45) is 6.17. The van der Waals surface area contributed by atoms with Crippen LogP contribution in [0.1, 0.15) is 44.6 Å². The van der Waals surface area contributed by atoms with Crippen LogP contribution in [0.4, 0.5) is 0 Å². The molecule has 2 aliphatic rings. The van der Waals surface area contributed by atoms with Crippen molar-refractivity contribution in [2.24, 2.45) is 0 Å². The summed E-state index contributed by atoms with van der Waals surface area (Å²) >= 11 is 3.60. The van der Waals surface area contributed by atoms with E-state index in [1.54, 1.807) is 0 Å². The Labute approximate surface area is 129 Å². The number of nitrogens with one attached hydrogen (secondary N) is 1. The van der Waals surface area contributed by atoms with Crippen molar-refractivity contribution in [3.8, 4) is 11.5 Å². The van der Waals surface area contributed by atoms with Crippen molar-refractivity contribution in [3.05, 3.63) is 22.2 Å². The summed E-state index contributed by atoms with van der Waals surface area (Å²) in [6, 6.07) is 4.25. The molecular formula is C16H22BrNO2.